The van der Waals surface area contributed by atoms with Gasteiger partial charge >= 0.3 is 0 Å². The fraction of sp³-hybridized carbons (Fsp3) is 0.310. The number of para-hydroxylation sites is 2. The summed E-state index contributed by atoms with van der Waals surface area (Å²) in [7, 11) is -3.62. The number of piperazine rings is 1. The van der Waals surface area contributed by atoms with Gasteiger partial charge in [0.25, 0.3) is 0 Å². The van der Waals surface area contributed by atoms with E-state index in [0.29, 0.717) is 31.1 Å². The van der Waals surface area contributed by atoms with Gasteiger partial charge in [-0.2, -0.15) is 4.31 Å². The van der Waals surface area contributed by atoms with Crippen molar-refractivity contribution in [2.45, 2.75) is 39.5 Å². The summed E-state index contributed by atoms with van der Waals surface area (Å²) in [6.07, 6.45) is 0. The van der Waals surface area contributed by atoms with Crippen molar-refractivity contribution < 1.29 is 8.42 Å². The van der Waals surface area contributed by atoms with E-state index < -0.39 is 10.0 Å². The number of hydrogen-bond acceptors (Lipinski definition) is 5. The average molecular weight is 501 g/mol. The third-order valence-corrected chi connectivity index (χ3v) is 9.84. The van der Waals surface area contributed by atoms with E-state index in [2.05, 4.69) is 11.8 Å². The predicted octanol–water partition coefficient (Wildman–Crippen LogP) is 5.35. The van der Waals surface area contributed by atoms with Crippen LogP contribution in [0.25, 0.3) is 22.3 Å². The molecular formula is C29H32N4O2S. The molecule has 4 aromatic rings. The fourth-order valence-electron chi connectivity index (χ4n) is 5.12. The van der Waals surface area contributed by atoms with E-state index in [1.54, 1.807) is 4.31 Å². The second-order valence-corrected chi connectivity index (χ2v) is 11.5. The summed E-state index contributed by atoms with van der Waals surface area (Å²) in [4.78, 5) is 12.6. The molecule has 0 spiro atoms. The summed E-state index contributed by atoms with van der Waals surface area (Å²) in [5.74, 6) is 0.798. The van der Waals surface area contributed by atoms with Crippen molar-refractivity contribution in [2.75, 3.05) is 31.1 Å². The summed E-state index contributed by atoms with van der Waals surface area (Å²) in [5.41, 5.74) is 8.46. The molecule has 3 aromatic carbocycles. The van der Waals surface area contributed by atoms with Crippen LogP contribution in [0, 0.1) is 34.6 Å². The highest BCUT2D eigenvalue weighted by Gasteiger charge is 2.33. The summed E-state index contributed by atoms with van der Waals surface area (Å²) < 4.78 is 29.3. The molecule has 0 unspecified atom stereocenters. The van der Waals surface area contributed by atoms with Gasteiger partial charge in [0.1, 0.15) is 5.69 Å². The zero-order chi connectivity index (χ0) is 25.6. The van der Waals surface area contributed by atoms with Gasteiger partial charge in [-0.1, -0.05) is 42.5 Å². The summed E-state index contributed by atoms with van der Waals surface area (Å²) in [6.45, 7) is 11.8. The summed E-state index contributed by atoms with van der Waals surface area (Å²) in [5, 5.41) is 0. The Bertz CT molecular complexity index is 1530. The number of aromatic nitrogens is 2. The fourth-order valence-corrected chi connectivity index (χ4v) is 7.11. The molecule has 1 saturated heterocycles. The number of rotatable bonds is 4. The second kappa shape index (κ2) is 9.30. The molecule has 0 atom stereocenters. The molecule has 0 amide bonds. The molecule has 1 fully saturated rings. The molecule has 0 saturated carbocycles. The van der Waals surface area contributed by atoms with Crippen molar-refractivity contribution in [1.29, 1.82) is 0 Å². The number of nitrogens with zero attached hydrogens (tertiary/aromatic N) is 4. The molecule has 0 radical (unpaired) electrons. The lowest BCUT2D eigenvalue weighted by Gasteiger charge is -2.36. The largest absolute Gasteiger partial charge is 0.352 e. The van der Waals surface area contributed by atoms with E-state index in [9.17, 15) is 8.42 Å². The maximum absolute atomic E-state index is 13.8. The SMILES string of the molecule is Cc1c(C)c(C)c(S(=O)(=O)N2CCN(c3nc4ccccc4nc3-c3ccccc3)CC2)c(C)c1C. The first-order valence-corrected chi connectivity index (χ1v) is 13.8. The van der Waals surface area contributed by atoms with Crippen molar-refractivity contribution in [3.8, 4) is 11.3 Å². The van der Waals surface area contributed by atoms with Gasteiger partial charge in [-0.05, 0) is 74.6 Å². The quantitative estimate of drug-likeness (QED) is 0.378. The van der Waals surface area contributed by atoms with E-state index in [1.165, 1.54) is 0 Å². The Morgan fingerprint density at radius 2 is 1.14 bits per heavy atom. The van der Waals surface area contributed by atoms with Crippen molar-refractivity contribution in [3.05, 3.63) is 82.4 Å². The zero-order valence-electron chi connectivity index (χ0n) is 21.5. The number of hydrogen-bond donors (Lipinski definition) is 0. The van der Waals surface area contributed by atoms with E-state index in [-0.39, 0.29) is 0 Å². The van der Waals surface area contributed by atoms with Crippen LogP contribution in [-0.2, 0) is 10.0 Å². The smallest absolute Gasteiger partial charge is 0.243 e. The third-order valence-electron chi connectivity index (χ3n) is 7.67. The third kappa shape index (κ3) is 4.06. The Morgan fingerprint density at radius 1 is 0.639 bits per heavy atom. The van der Waals surface area contributed by atoms with E-state index in [1.807, 2.05) is 82.3 Å². The lowest BCUT2D eigenvalue weighted by Crippen LogP contribution is -2.49. The lowest BCUT2D eigenvalue weighted by molar-refractivity contribution is 0.383. The molecule has 186 valence electrons. The van der Waals surface area contributed by atoms with Crippen LogP contribution in [0.15, 0.2) is 59.5 Å². The summed E-state index contributed by atoms with van der Waals surface area (Å²) >= 11 is 0. The van der Waals surface area contributed by atoms with E-state index in [0.717, 1.165) is 55.9 Å². The van der Waals surface area contributed by atoms with Crippen LogP contribution in [0.5, 0.6) is 0 Å². The summed E-state index contributed by atoms with van der Waals surface area (Å²) in [6, 6.07) is 17.9. The maximum Gasteiger partial charge on any atom is 0.243 e. The number of benzene rings is 3. The minimum absolute atomic E-state index is 0.399. The standard InChI is InChI=1S/C29H32N4O2S/c1-19-20(2)22(4)28(23(5)21(19)3)36(34,35)33-17-15-32(16-18-33)29-27(24-11-7-6-8-12-24)30-25-13-9-10-14-26(25)31-29/h6-14H,15-18H2,1-5H3. The maximum atomic E-state index is 13.8. The van der Waals surface area contributed by atoms with Gasteiger partial charge in [-0.25, -0.2) is 18.4 Å². The highest BCUT2D eigenvalue weighted by Crippen LogP contribution is 2.34. The van der Waals surface area contributed by atoms with Crippen LogP contribution >= 0.6 is 0 Å². The first kappa shape index (κ1) is 24.4. The molecule has 0 N–H and O–H groups in total. The van der Waals surface area contributed by atoms with E-state index >= 15 is 0 Å². The van der Waals surface area contributed by atoms with Gasteiger partial charge in [0, 0.05) is 31.7 Å². The Morgan fingerprint density at radius 3 is 1.72 bits per heavy atom. The van der Waals surface area contributed by atoms with Crippen LogP contribution in [0.3, 0.4) is 0 Å². The number of fused-ring (bicyclic) bond motifs is 1. The molecule has 2 heterocycles. The predicted molar refractivity (Wildman–Crippen MR) is 146 cm³/mol. The minimum Gasteiger partial charge on any atom is -0.352 e. The molecule has 1 aliphatic heterocycles. The molecule has 1 aromatic heterocycles. The van der Waals surface area contributed by atoms with Crippen molar-refractivity contribution in [2.24, 2.45) is 0 Å². The molecule has 5 rings (SSSR count). The van der Waals surface area contributed by atoms with Crippen LogP contribution in [-0.4, -0.2) is 48.9 Å². The van der Waals surface area contributed by atoms with Crippen LogP contribution in [0.1, 0.15) is 27.8 Å². The van der Waals surface area contributed by atoms with Gasteiger partial charge in [0.15, 0.2) is 5.82 Å². The molecule has 1 aliphatic rings. The van der Waals surface area contributed by atoms with Crippen molar-refractivity contribution in [1.82, 2.24) is 14.3 Å². The Labute approximate surface area is 213 Å². The highest BCUT2D eigenvalue weighted by molar-refractivity contribution is 7.89. The molecule has 6 nitrogen and oxygen atoms in total. The normalized spacial score (nSPS) is 15.0. The average Bonchev–Trinajstić information content (AvgIpc) is 2.90. The lowest BCUT2D eigenvalue weighted by atomic mass is 9.95. The zero-order valence-corrected chi connectivity index (χ0v) is 22.4. The van der Waals surface area contributed by atoms with Gasteiger partial charge in [-0.3, -0.25) is 0 Å². The molecule has 7 heteroatoms. The first-order chi connectivity index (χ1) is 17.2. The van der Waals surface area contributed by atoms with Crippen LogP contribution < -0.4 is 4.90 Å². The van der Waals surface area contributed by atoms with Gasteiger partial charge in [-0.15, -0.1) is 0 Å². The highest BCUT2D eigenvalue weighted by atomic mass is 32.2. The minimum atomic E-state index is -3.62. The van der Waals surface area contributed by atoms with Gasteiger partial charge < -0.3 is 4.90 Å². The molecule has 0 bridgehead atoms. The Balaban J connectivity index is 1.49. The topological polar surface area (TPSA) is 66.4 Å². The molecule has 36 heavy (non-hydrogen) atoms. The molecule has 0 aliphatic carbocycles. The number of anilines is 1. The van der Waals surface area contributed by atoms with E-state index in [4.69, 9.17) is 9.97 Å². The second-order valence-electron chi connectivity index (χ2n) is 9.60. The van der Waals surface area contributed by atoms with Gasteiger partial charge in [0.05, 0.1) is 15.9 Å². The number of sulfonamides is 1. The van der Waals surface area contributed by atoms with Gasteiger partial charge in [0.2, 0.25) is 10.0 Å². The van der Waals surface area contributed by atoms with Crippen molar-refractivity contribution in [3.63, 3.8) is 0 Å². The van der Waals surface area contributed by atoms with Crippen LogP contribution in [0.2, 0.25) is 0 Å². The first-order valence-electron chi connectivity index (χ1n) is 12.3. The Kier molecular flexibility index (Phi) is 6.30. The Hall–Kier alpha value is -3.29. The monoisotopic (exact) mass is 500 g/mol. The molecular weight excluding hydrogens is 468 g/mol. The van der Waals surface area contributed by atoms with Crippen molar-refractivity contribution >= 4 is 26.9 Å². The van der Waals surface area contributed by atoms with Crippen LogP contribution in [0.4, 0.5) is 5.82 Å².